The summed E-state index contributed by atoms with van der Waals surface area (Å²) in [6, 6.07) is 8.23. The fourth-order valence-corrected chi connectivity index (χ4v) is 2.81. The summed E-state index contributed by atoms with van der Waals surface area (Å²) in [5, 5.41) is 5.18. The fraction of sp³-hybridized carbons (Fsp3) is 0.286. The molecule has 0 atom stereocenters. The van der Waals surface area contributed by atoms with Gasteiger partial charge in [-0.15, -0.1) is 0 Å². The van der Waals surface area contributed by atoms with Crippen LogP contribution in [-0.2, 0) is 6.54 Å². The minimum Gasteiger partial charge on any atom is -0.316 e. The standard InChI is InChI=1S/C14H17N3S/c1-10-7-11(2)17-13(8-10)18-14-12(9-15-3)5-4-6-16-14/h4-8,15H,9H2,1-3H3. The van der Waals surface area contributed by atoms with Gasteiger partial charge in [0.25, 0.3) is 0 Å². The third kappa shape index (κ3) is 3.31. The largest absolute Gasteiger partial charge is 0.316 e. The summed E-state index contributed by atoms with van der Waals surface area (Å²) in [6.45, 7) is 4.93. The van der Waals surface area contributed by atoms with Crippen molar-refractivity contribution in [1.29, 1.82) is 0 Å². The lowest BCUT2D eigenvalue weighted by Crippen LogP contribution is -2.06. The molecule has 2 aromatic heterocycles. The number of pyridine rings is 2. The average molecular weight is 259 g/mol. The Labute approximate surface area is 112 Å². The van der Waals surface area contributed by atoms with Crippen molar-refractivity contribution in [3.05, 3.63) is 47.3 Å². The van der Waals surface area contributed by atoms with Crippen LogP contribution in [-0.4, -0.2) is 17.0 Å². The van der Waals surface area contributed by atoms with E-state index in [9.17, 15) is 0 Å². The minimum absolute atomic E-state index is 0.820. The molecule has 0 unspecified atom stereocenters. The van der Waals surface area contributed by atoms with Gasteiger partial charge >= 0.3 is 0 Å². The first-order valence-corrected chi connectivity index (χ1v) is 6.72. The lowest BCUT2D eigenvalue weighted by atomic mass is 10.3. The van der Waals surface area contributed by atoms with Crippen LogP contribution in [0.4, 0.5) is 0 Å². The Kier molecular flexibility index (Phi) is 4.33. The molecular formula is C14H17N3S. The highest BCUT2D eigenvalue weighted by molar-refractivity contribution is 7.99. The van der Waals surface area contributed by atoms with Crippen molar-refractivity contribution in [3.63, 3.8) is 0 Å². The van der Waals surface area contributed by atoms with Crippen molar-refractivity contribution in [1.82, 2.24) is 15.3 Å². The molecule has 94 valence electrons. The van der Waals surface area contributed by atoms with Gasteiger partial charge in [-0.2, -0.15) is 0 Å². The third-order valence-electron chi connectivity index (χ3n) is 2.49. The van der Waals surface area contributed by atoms with Gasteiger partial charge in [0.2, 0.25) is 0 Å². The first kappa shape index (κ1) is 13.1. The van der Waals surface area contributed by atoms with E-state index in [0.29, 0.717) is 0 Å². The van der Waals surface area contributed by atoms with E-state index < -0.39 is 0 Å². The smallest absolute Gasteiger partial charge is 0.107 e. The molecule has 0 aromatic carbocycles. The number of aryl methyl sites for hydroxylation is 2. The van der Waals surface area contributed by atoms with Crippen molar-refractivity contribution < 1.29 is 0 Å². The van der Waals surface area contributed by atoms with Gasteiger partial charge in [-0.25, -0.2) is 9.97 Å². The summed E-state index contributed by atoms with van der Waals surface area (Å²) in [5.74, 6) is 0. The zero-order valence-corrected chi connectivity index (χ0v) is 11.7. The average Bonchev–Trinajstić information content (AvgIpc) is 2.30. The number of nitrogens with zero attached hydrogens (tertiary/aromatic N) is 2. The van der Waals surface area contributed by atoms with Crippen LogP contribution < -0.4 is 5.32 Å². The third-order valence-corrected chi connectivity index (χ3v) is 3.47. The van der Waals surface area contributed by atoms with E-state index in [1.165, 1.54) is 11.1 Å². The van der Waals surface area contributed by atoms with Gasteiger partial charge < -0.3 is 5.32 Å². The van der Waals surface area contributed by atoms with E-state index in [1.807, 2.05) is 26.2 Å². The monoisotopic (exact) mass is 259 g/mol. The van der Waals surface area contributed by atoms with Crippen molar-refractivity contribution >= 4 is 11.8 Å². The van der Waals surface area contributed by atoms with Crippen LogP contribution in [0, 0.1) is 13.8 Å². The maximum absolute atomic E-state index is 4.53. The Bertz CT molecular complexity index is 520. The molecule has 0 aliphatic heterocycles. The summed E-state index contributed by atoms with van der Waals surface area (Å²) in [4.78, 5) is 8.97. The zero-order chi connectivity index (χ0) is 13.0. The first-order valence-electron chi connectivity index (χ1n) is 5.90. The number of hydrogen-bond donors (Lipinski definition) is 1. The molecule has 0 bridgehead atoms. The van der Waals surface area contributed by atoms with Gasteiger partial charge in [-0.3, -0.25) is 0 Å². The van der Waals surface area contributed by atoms with Crippen LogP contribution in [0.3, 0.4) is 0 Å². The maximum Gasteiger partial charge on any atom is 0.107 e. The van der Waals surface area contributed by atoms with E-state index in [0.717, 1.165) is 22.3 Å². The summed E-state index contributed by atoms with van der Waals surface area (Å²) in [5.41, 5.74) is 3.48. The number of hydrogen-bond acceptors (Lipinski definition) is 4. The van der Waals surface area contributed by atoms with Crippen LogP contribution in [0.2, 0.25) is 0 Å². The van der Waals surface area contributed by atoms with E-state index in [2.05, 4.69) is 40.4 Å². The van der Waals surface area contributed by atoms with Gasteiger partial charge in [0.05, 0.1) is 0 Å². The molecule has 0 amide bonds. The normalized spacial score (nSPS) is 10.6. The SMILES string of the molecule is CNCc1cccnc1Sc1cc(C)cc(C)n1. The van der Waals surface area contributed by atoms with Crippen molar-refractivity contribution in [2.45, 2.75) is 30.4 Å². The predicted octanol–water partition coefficient (Wildman–Crippen LogP) is 2.96. The van der Waals surface area contributed by atoms with Gasteiger partial charge in [-0.1, -0.05) is 6.07 Å². The van der Waals surface area contributed by atoms with Crippen molar-refractivity contribution in [3.8, 4) is 0 Å². The summed E-state index contributed by atoms with van der Waals surface area (Å²) >= 11 is 1.62. The Morgan fingerprint density at radius 1 is 1.28 bits per heavy atom. The molecule has 0 saturated heterocycles. The molecule has 18 heavy (non-hydrogen) atoms. The highest BCUT2D eigenvalue weighted by Gasteiger charge is 2.06. The van der Waals surface area contributed by atoms with E-state index in [4.69, 9.17) is 0 Å². The first-order chi connectivity index (χ1) is 8.69. The molecule has 2 heterocycles. The second-order valence-corrected chi connectivity index (χ2v) is 5.23. The lowest BCUT2D eigenvalue weighted by molar-refractivity contribution is 0.789. The molecular weight excluding hydrogens is 242 g/mol. The van der Waals surface area contributed by atoms with Gasteiger partial charge in [0, 0.05) is 18.4 Å². The molecule has 0 fully saturated rings. The molecule has 0 saturated carbocycles. The maximum atomic E-state index is 4.53. The Balaban J connectivity index is 2.27. The molecule has 2 aromatic rings. The molecule has 0 aliphatic rings. The zero-order valence-electron chi connectivity index (χ0n) is 10.9. The van der Waals surface area contributed by atoms with Crippen LogP contribution in [0.1, 0.15) is 16.8 Å². The van der Waals surface area contributed by atoms with Gasteiger partial charge in [0.1, 0.15) is 10.1 Å². The number of aromatic nitrogens is 2. The minimum atomic E-state index is 0.820. The summed E-state index contributed by atoms with van der Waals surface area (Å²) < 4.78 is 0. The summed E-state index contributed by atoms with van der Waals surface area (Å²) in [7, 11) is 1.94. The molecule has 0 aliphatic carbocycles. The number of rotatable bonds is 4. The molecule has 3 nitrogen and oxygen atoms in total. The van der Waals surface area contributed by atoms with Crippen molar-refractivity contribution in [2.75, 3.05) is 7.05 Å². The molecule has 0 radical (unpaired) electrons. The lowest BCUT2D eigenvalue weighted by Gasteiger charge is -2.08. The van der Waals surface area contributed by atoms with E-state index in [-0.39, 0.29) is 0 Å². The number of nitrogens with one attached hydrogen (secondary N) is 1. The van der Waals surface area contributed by atoms with E-state index in [1.54, 1.807) is 11.8 Å². The van der Waals surface area contributed by atoms with E-state index >= 15 is 0 Å². The second-order valence-electron chi connectivity index (χ2n) is 4.22. The highest BCUT2D eigenvalue weighted by atomic mass is 32.2. The van der Waals surface area contributed by atoms with Crippen LogP contribution in [0.15, 0.2) is 40.5 Å². The van der Waals surface area contributed by atoms with Crippen molar-refractivity contribution in [2.24, 2.45) is 0 Å². The Morgan fingerprint density at radius 3 is 2.83 bits per heavy atom. The van der Waals surface area contributed by atoms with Crippen LogP contribution in [0.25, 0.3) is 0 Å². The molecule has 2 rings (SSSR count). The van der Waals surface area contributed by atoms with Gasteiger partial charge in [0.15, 0.2) is 0 Å². The fourth-order valence-electron chi connectivity index (χ4n) is 1.80. The van der Waals surface area contributed by atoms with Gasteiger partial charge in [-0.05, 0) is 62.0 Å². The topological polar surface area (TPSA) is 37.8 Å². The van der Waals surface area contributed by atoms with Crippen LogP contribution in [0.5, 0.6) is 0 Å². The Hall–Kier alpha value is -1.39. The van der Waals surface area contributed by atoms with Crippen LogP contribution >= 0.6 is 11.8 Å². The molecule has 1 N–H and O–H groups in total. The predicted molar refractivity (Wildman–Crippen MR) is 74.8 cm³/mol. The molecule has 0 spiro atoms. The Morgan fingerprint density at radius 2 is 2.11 bits per heavy atom. The molecule has 4 heteroatoms. The highest BCUT2D eigenvalue weighted by Crippen LogP contribution is 2.27. The second kappa shape index (κ2) is 5.98. The quantitative estimate of drug-likeness (QED) is 0.916. The summed E-state index contributed by atoms with van der Waals surface area (Å²) in [6.07, 6.45) is 1.82.